The maximum absolute atomic E-state index is 13.5. The van der Waals surface area contributed by atoms with Gasteiger partial charge in [0.15, 0.2) is 0 Å². The summed E-state index contributed by atoms with van der Waals surface area (Å²) in [7, 11) is 0. The molecule has 0 atom stereocenters. The van der Waals surface area contributed by atoms with Gasteiger partial charge >= 0.3 is 0 Å². The van der Waals surface area contributed by atoms with Gasteiger partial charge in [-0.25, -0.2) is 8.78 Å². The van der Waals surface area contributed by atoms with Crippen LogP contribution in [-0.2, 0) is 4.79 Å². The lowest BCUT2D eigenvalue weighted by Gasteiger charge is -2.26. The second-order valence-corrected chi connectivity index (χ2v) is 6.13. The van der Waals surface area contributed by atoms with E-state index in [-0.39, 0.29) is 12.5 Å². The van der Waals surface area contributed by atoms with Crippen LogP contribution < -0.4 is 10.2 Å². The standard InChI is InChI=1S/C21H18F2N2O2/c22-17-6-3-7-18(23)20(17)21(27)24-13-4-5-15-9-11-16(12-10-15)25-14-2-1-8-19(25)26/h3,6-7,9-12H,1-2,8,13-14H2,(H,24,27). The van der Waals surface area contributed by atoms with Gasteiger partial charge in [-0.05, 0) is 49.2 Å². The summed E-state index contributed by atoms with van der Waals surface area (Å²) in [6, 6.07) is 10.5. The van der Waals surface area contributed by atoms with Crippen LogP contribution in [0.2, 0.25) is 0 Å². The first-order valence-electron chi connectivity index (χ1n) is 8.68. The molecule has 0 aromatic heterocycles. The van der Waals surface area contributed by atoms with Crippen LogP contribution in [0.25, 0.3) is 0 Å². The van der Waals surface area contributed by atoms with E-state index in [9.17, 15) is 18.4 Å². The molecule has 0 unspecified atom stereocenters. The van der Waals surface area contributed by atoms with Crippen LogP contribution in [0.3, 0.4) is 0 Å². The molecule has 1 N–H and O–H groups in total. The van der Waals surface area contributed by atoms with Crippen molar-refractivity contribution in [3.63, 3.8) is 0 Å². The van der Waals surface area contributed by atoms with E-state index in [4.69, 9.17) is 0 Å². The molecule has 2 aromatic rings. The average Bonchev–Trinajstić information content (AvgIpc) is 2.66. The maximum Gasteiger partial charge on any atom is 0.258 e. The minimum atomic E-state index is -0.914. The van der Waals surface area contributed by atoms with Crippen LogP contribution in [0, 0.1) is 23.5 Å². The lowest BCUT2D eigenvalue weighted by atomic mass is 10.1. The van der Waals surface area contributed by atoms with E-state index >= 15 is 0 Å². The van der Waals surface area contributed by atoms with Crippen molar-refractivity contribution >= 4 is 17.5 Å². The van der Waals surface area contributed by atoms with Crippen LogP contribution in [0.1, 0.15) is 35.2 Å². The lowest BCUT2D eigenvalue weighted by Crippen LogP contribution is -2.35. The minimum Gasteiger partial charge on any atom is -0.341 e. The van der Waals surface area contributed by atoms with E-state index in [1.807, 2.05) is 12.1 Å². The normalized spacial score (nSPS) is 13.7. The van der Waals surface area contributed by atoms with Gasteiger partial charge in [-0.15, -0.1) is 0 Å². The van der Waals surface area contributed by atoms with Gasteiger partial charge in [0.25, 0.3) is 5.91 Å². The van der Waals surface area contributed by atoms with E-state index in [0.29, 0.717) is 6.42 Å². The van der Waals surface area contributed by atoms with Crippen LogP contribution >= 0.6 is 0 Å². The number of piperidine rings is 1. The first kappa shape index (κ1) is 18.6. The van der Waals surface area contributed by atoms with Crippen LogP contribution in [0.5, 0.6) is 0 Å². The van der Waals surface area contributed by atoms with Crippen molar-refractivity contribution in [2.45, 2.75) is 19.3 Å². The first-order valence-corrected chi connectivity index (χ1v) is 8.68. The average molecular weight is 368 g/mol. The number of anilines is 1. The van der Waals surface area contributed by atoms with Crippen molar-refractivity contribution in [2.24, 2.45) is 0 Å². The summed E-state index contributed by atoms with van der Waals surface area (Å²) in [6.45, 7) is 0.682. The molecule has 0 radical (unpaired) electrons. The molecule has 27 heavy (non-hydrogen) atoms. The second-order valence-electron chi connectivity index (χ2n) is 6.13. The second kappa shape index (κ2) is 8.45. The Morgan fingerprint density at radius 1 is 1.07 bits per heavy atom. The Hall–Kier alpha value is -3.20. The molecule has 0 saturated carbocycles. The number of carbonyl (C=O) groups excluding carboxylic acids is 2. The van der Waals surface area contributed by atoms with Gasteiger partial charge in [0, 0.05) is 24.2 Å². The molecule has 2 aromatic carbocycles. The number of rotatable bonds is 3. The molecule has 2 amide bonds. The molecular weight excluding hydrogens is 350 g/mol. The summed E-state index contributed by atoms with van der Waals surface area (Å²) in [5.74, 6) is 3.06. The van der Waals surface area contributed by atoms with Gasteiger partial charge in [0.1, 0.15) is 17.2 Å². The van der Waals surface area contributed by atoms with Crippen molar-refractivity contribution in [1.29, 1.82) is 0 Å². The molecule has 0 spiro atoms. The first-order chi connectivity index (χ1) is 13.1. The predicted molar refractivity (Wildman–Crippen MR) is 98.2 cm³/mol. The van der Waals surface area contributed by atoms with Crippen LogP contribution in [-0.4, -0.2) is 24.9 Å². The molecule has 1 saturated heterocycles. The van der Waals surface area contributed by atoms with E-state index in [1.165, 1.54) is 6.07 Å². The van der Waals surface area contributed by atoms with Crippen molar-refractivity contribution < 1.29 is 18.4 Å². The molecule has 6 heteroatoms. The molecule has 138 valence electrons. The Labute approximate surface area is 156 Å². The Bertz CT molecular complexity index is 894. The van der Waals surface area contributed by atoms with Gasteiger partial charge in [0.2, 0.25) is 5.91 Å². The van der Waals surface area contributed by atoms with Gasteiger partial charge in [-0.1, -0.05) is 17.9 Å². The third-order valence-corrected chi connectivity index (χ3v) is 4.26. The number of amides is 2. The monoisotopic (exact) mass is 368 g/mol. The fraction of sp³-hybridized carbons (Fsp3) is 0.238. The van der Waals surface area contributed by atoms with E-state index in [0.717, 1.165) is 42.8 Å². The van der Waals surface area contributed by atoms with E-state index < -0.39 is 23.1 Å². The number of nitrogens with zero attached hydrogens (tertiary/aromatic N) is 1. The summed E-state index contributed by atoms with van der Waals surface area (Å²) in [5.41, 5.74) is 0.943. The van der Waals surface area contributed by atoms with Gasteiger partial charge < -0.3 is 10.2 Å². The highest BCUT2D eigenvalue weighted by molar-refractivity contribution is 5.95. The molecule has 1 aliphatic rings. The highest BCUT2D eigenvalue weighted by Gasteiger charge is 2.19. The zero-order chi connectivity index (χ0) is 19.2. The molecule has 1 fully saturated rings. The van der Waals surface area contributed by atoms with E-state index in [2.05, 4.69) is 17.2 Å². The summed E-state index contributed by atoms with van der Waals surface area (Å²) in [5, 5.41) is 2.37. The molecule has 0 bridgehead atoms. The SMILES string of the molecule is O=C(NCC#Cc1ccc(N2CCCCC2=O)cc1)c1c(F)cccc1F. The molecule has 1 heterocycles. The molecule has 0 aliphatic carbocycles. The molecular formula is C21H18F2N2O2. The zero-order valence-electron chi connectivity index (χ0n) is 14.6. The molecule has 1 aliphatic heterocycles. The Balaban J connectivity index is 1.58. The highest BCUT2D eigenvalue weighted by Crippen LogP contribution is 2.21. The van der Waals surface area contributed by atoms with E-state index in [1.54, 1.807) is 17.0 Å². The number of hydrogen-bond acceptors (Lipinski definition) is 2. The summed E-state index contributed by atoms with van der Waals surface area (Å²) in [4.78, 5) is 25.5. The lowest BCUT2D eigenvalue weighted by molar-refractivity contribution is -0.119. The quantitative estimate of drug-likeness (QED) is 0.846. The van der Waals surface area contributed by atoms with Gasteiger partial charge in [-0.3, -0.25) is 9.59 Å². The third kappa shape index (κ3) is 4.50. The van der Waals surface area contributed by atoms with Crippen molar-refractivity contribution in [2.75, 3.05) is 18.0 Å². The summed E-state index contributed by atoms with van der Waals surface area (Å²) in [6.07, 6.45) is 2.50. The summed E-state index contributed by atoms with van der Waals surface area (Å²) < 4.78 is 27.1. The van der Waals surface area contributed by atoms with Crippen molar-refractivity contribution in [3.05, 3.63) is 65.2 Å². The number of hydrogen-bond donors (Lipinski definition) is 1. The maximum atomic E-state index is 13.5. The number of nitrogens with one attached hydrogen (secondary N) is 1. The minimum absolute atomic E-state index is 0.0427. The van der Waals surface area contributed by atoms with Gasteiger partial charge in [0.05, 0.1) is 6.54 Å². The number of carbonyl (C=O) groups is 2. The largest absolute Gasteiger partial charge is 0.341 e. The van der Waals surface area contributed by atoms with Crippen molar-refractivity contribution in [1.82, 2.24) is 5.32 Å². The number of benzene rings is 2. The Morgan fingerprint density at radius 2 is 1.78 bits per heavy atom. The Kier molecular flexibility index (Phi) is 5.82. The highest BCUT2D eigenvalue weighted by atomic mass is 19.1. The van der Waals surface area contributed by atoms with Crippen LogP contribution in [0.15, 0.2) is 42.5 Å². The number of halogens is 2. The van der Waals surface area contributed by atoms with Gasteiger partial charge in [-0.2, -0.15) is 0 Å². The topological polar surface area (TPSA) is 49.4 Å². The summed E-state index contributed by atoms with van der Waals surface area (Å²) >= 11 is 0. The molecule has 4 nitrogen and oxygen atoms in total. The fourth-order valence-corrected chi connectivity index (χ4v) is 2.88. The molecule has 3 rings (SSSR count). The van der Waals surface area contributed by atoms with Crippen molar-refractivity contribution in [3.8, 4) is 11.8 Å². The fourth-order valence-electron chi connectivity index (χ4n) is 2.88. The predicted octanol–water partition coefficient (Wildman–Crippen LogP) is 3.26. The smallest absolute Gasteiger partial charge is 0.258 e. The zero-order valence-corrected chi connectivity index (χ0v) is 14.6. The van der Waals surface area contributed by atoms with Crippen LogP contribution in [0.4, 0.5) is 14.5 Å². The Morgan fingerprint density at radius 3 is 2.44 bits per heavy atom. The third-order valence-electron chi connectivity index (χ3n) is 4.26.